The van der Waals surface area contributed by atoms with Crippen molar-refractivity contribution in [3.63, 3.8) is 0 Å². The minimum Gasteiger partial charge on any atom is -0.394 e. The van der Waals surface area contributed by atoms with Gasteiger partial charge in [0.25, 0.3) is 0 Å². The summed E-state index contributed by atoms with van der Waals surface area (Å²) in [5, 5.41) is 39.2. The van der Waals surface area contributed by atoms with Gasteiger partial charge in [-0.3, -0.25) is 0 Å². The summed E-state index contributed by atoms with van der Waals surface area (Å²) >= 11 is 0. The molecule has 7 heteroatoms. The van der Waals surface area contributed by atoms with Crippen LogP contribution in [-0.4, -0.2) is 67.1 Å². The van der Waals surface area contributed by atoms with Crippen molar-refractivity contribution < 1.29 is 25.2 Å². The average molecular weight is 390 g/mol. The molecule has 1 aliphatic heterocycles. The van der Waals surface area contributed by atoms with Gasteiger partial charge in [0.2, 0.25) is 0 Å². The van der Waals surface area contributed by atoms with Crippen LogP contribution >= 0.6 is 0 Å². The highest BCUT2D eigenvalue weighted by atomic mass is 16.5. The Balaban J connectivity index is 1.61. The number of fused-ring (bicyclic) bond motifs is 1. The Hall–Kier alpha value is -1.63. The normalized spacial score (nSPS) is 30.4. The standard InChI is InChI=1S/C22H24B2O5/c1-11-2-4-13(21-20(28)19(27)18(26)17(10-25)29-21)8-15(11)6-12-3-5-14-9-22(23,24)16(14)7-12/h2-5,7-8,17-21,25-28H,6,9-10H2,1H3/t17-,18-,19+,20-,21+/m1/s1. The number of hydrogen-bond acceptors (Lipinski definition) is 5. The number of aryl methyl sites for hydroxylation is 1. The average Bonchev–Trinajstić information content (AvgIpc) is 2.69. The van der Waals surface area contributed by atoms with E-state index in [1.165, 1.54) is 5.56 Å². The van der Waals surface area contributed by atoms with Gasteiger partial charge in [-0.2, -0.15) is 0 Å². The first-order chi connectivity index (χ1) is 13.7. The lowest BCUT2D eigenvalue weighted by Gasteiger charge is -2.40. The van der Waals surface area contributed by atoms with E-state index in [1.54, 1.807) is 0 Å². The van der Waals surface area contributed by atoms with Crippen molar-refractivity contribution in [2.75, 3.05) is 6.61 Å². The molecular weight excluding hydrogens is 366 g/mol. The molecule has 1 heterocycles. The van der Waals surface area contributed by atoms with Crippen LogP contribution in [0.5, 0.6) is 0 Å². The van der Waals surface area contributed by atoms with Crippen LogP contribution in [0.25, 0.3) is 0 Å². The molecule has 0 unspecified atom stereocenters. The second-order valence-electron chi connectivity index (χ2n) is 8.32. The monoisotopic (exact) mass is 390 g/mol. The molecule has 148 valence electrons. The van der Waals surface area contributed by atoms with E-state index in [-0.39, 0.29) is 0 Å². The first-order valence-corrected chi connectivity index (χ1v) is 9.81. The van der Waals surface area contributed by atoms with Crippen LogP contribution in [0.4, 0.5) is 0 Å². The van der Waals surface area contributed by atoms with Gasteiger partial charge >= 0.3 is 0 Å². The molecule has 0 aromatic heterocycles. The lowest BCUT2D eigenvalue weighted by atomic mass is 9.42. The van der Waals surface area contributed by atoms with Crippen molar-refractivity contribution >= 4 is 15.7 Å². The Morgan fingerprint density at radius 3 is 2.48 bits per heavy atom. The number of hydrogen-bond donors (Lipinski definition) is 4. The summed E-state index contributed by atoms with van der Waals surface area (Å²) in [6.07, 6.45) is -4.51. The molecule has 5 atom stereocenters. The van der Waals surface area contributed by atoms with Crippen molar-refractivity contribution in [1.29, 1.82) is 0 Å². The summed E-state index contributed by atoms with van der Waals surface area (Å²) in [6.45, 7) is 1.55. The molecule has 2 aliphatic rings. The highest BCUT2D eigenvalue weighted by molar-refractivity contribution is 6.41. The number of aliphatic hydroxyl groups excluding tert-OH is 4. The quantitative estimate of drug-likeness (QED) is 0.559. The lowest BCUT2D eigenvalue weighted by Crippen LogP contribution is -2.55. The van der Waals surface area contributed by atoms with Crippen LogP contribution in [-0.2, 0) is 22.8 Å². The molecule has 0 saturated carbocycles. The van der Waals surface area contributed by atoms with E-state index in [0.29, 0.717) is 18.4 Å². The third-order valence-electron chi connectivity index (χ3n) is 6.15. The summed E-state index contributed by atoms with van der Waals surface area (Å²) < 4.78 is 5.69. The molecule has 29 heavy (non-hydrogen) atoms. The Labute approximate surface area is 173 Å². The van der Waals surface area contributed by atoms with E-state index in [4.69, 9.17) is 20.4 Å². The fourth-order valence-electron chi connectivity index (χ4n) is 4.28. The van der Waals surface area contributed by atoms with Crippen LogP contribution in [0, 0.1) is 6.92 Å². The number of benzene rings is 2. The number of aliphatic hydroxyl groups is 4. The van der Waals surface area contributed by atoms with E-state index in [0.717, 1.165) is 22.3 Å². The van der Waals surface area contributed by atoms with Crippen LogP contribution in [0.1, 0.15) is 39.5 Å². The smallest absolute Gasteiger partial charge is 0.113 e. The van der Waals surface area contributed by atoms with E-state index in [9.17, 15) is 20.4 Å². The molecule has 1 fully saturated rings. The van der Waals surface area contributed by atoms with Gasteiger partial charge < -0.3 is 25.2 Å². The molecule has 1 aliphatic carbocycles. The molecule has 0 bridgehead atoms. The lowest BCUT2D eigenvalue weighted by molar-refractivity contribution is -0.231. The second kappa shape index (κ2) is 7.56. The van der Waals surface area contributed by atoms with Crippen molar-refractivity contribution in [3.8, 4) is 0 Å². The van der Waals surface area contributed by atoms with Gasteiger partial charge in [0.15, 0.2) is 0 Å². The van der Waals surface area contributed by atoms with E-state index in [2.05, 4.69) is 12.1 Å². The predicted octanol–water partition coefficient (Wildman–Crippen LogP) is 0.147. The van der Waals surface area contributed by atoms with Crippen molar-refractivity contribution in [2.45, 2.75) is 55.5 Å². The summed E-state index contributed by atoms with van der Waals surface area (Å²) in [6, 6.07) is 11.9. The zero-order valence-electron chi connectivity index (χ0n) is 16.3. The summed E-state index contributed by atoms with van der Waals surface area (Å²) in [7, 11) is 12.2. The van der Waals surface area contributed by atoms with Crippen molar-refractivity contribution in [1.82, 2.24) is 0 Å². The van der Waals surface area contributed by atoms with Gasteiger partial charge in [0.1, 0.15) is 30.5 Å². The Bertz CT molecular complexity index is 914. The summed E-state index contributed by atoms with van der Waals surface area (Å²) in [4.78, 5) is 0. The van der Waals surface area contributed by atoms with Gasteiger partial charge in [-0.1, -0.05) is 47.2 Å². The predicted molar refractivity (Wildman–Crippen MR) is 110 cm³/mol. The van der Waals surface area contributed by atoms with Gasteiger partial charge in [-0.25, -0.2) is 0 Å². The maximum absolute atomic E-state index is 10.4. The minimum atomic E-state index is -1.40. The maximum atomic E-state index is 10.4. The van der Waals surface area contributed by atoms with Crippen molar-refractivity contribution in [2.24, 2.45) is 0 Å². The maximum Gasteiger partial charge on any atom is 0.113 e. The number of rotatable bonds is 4. The molecule has 5 nitrogen and oxygen atoms in total. The molecule has 4 N–H and O–H groups in total. The second-order valence-corrected chi connectivity index (χ2v) is 8.32. The molecule has 4 rings (SSSR count). The van der Waals surface area contributed by atoms with Crippen LogP contribution in [0.15, 0.2) is 36.4 Å². The van der Waals surface area contributed by atoms with E-state index in [1.807, 2.05) is 31.2 Å². The first kappa shape index (κ1) is 20.6. The molecule has 4 radical (unpaired) electrons. The zero-order valence-corrected chi connectivity index (χ0v) is 16.3. The largest absolute Gasteiger partial charge is 0.394 e. The molecule has 0 amide bonds. The van der Waals surface area contributed by atoms with E-state index >= 15 is 0 Å². The van der Waals surface area contributed by atoms with Gasteiger partial charge in [0.05, 0.1) is 22.3 Å². The molecule has 1 saturated heterocycles. The minimum absolute atomic E-state index is 0.449. The molecule has 2 aromatic rings. The van der Waals surface area contributed by atoms with Gasteiger partial charge in [-0.05, 0) is 47.6 Å². The van der Waals surface area contributed by atoms with Gasteiger partial charge in [-0.15, -0.1) is 0 Å². The summed E-state index contributed by atoms with van der Waals surface area (Å²) in [5.41, 5.74) is 6.02. The zero-order chi connectivity index (χ0) is 20.9. The van der Waals surface area contributed by atoms with Crippen LogP contribution < -0.4 is 0 Å². The molecular formula is C22H24B2O5. The third kappa shape index (κ3) is 3.66. The van der Waals surface area contributed by atoms with Crippen LogP contribution in [0.2, 0.25) is 0 Å². The third-order valence-corrected chi connectivity index (χ3v) is 6.15. The topological polar surface area (TPSA) is 90.2 Å². The fraction of sp³-hybridized carbons (Fsp3) is 0.455. The Morgan fingerprint density at radius 1 is 1.03 bits per heavy atom. The molecule has 0 spiro atoms. The number of ether oxygens (including phenoxy) is 1. The fourth-order valence-corrected chi connectivity index (χ4v) is 4.28. The van der Waals surface area contributed by atoms with Gasteiger partial charge in [0, 0.05) is 0 Å². The Kier molecular flexibility index (Phi) is 5.38. The SMILES string of the molecule is [B]C1([B])Cc2ccc(Cc3cc([C@@H]4O[C@H](CO)[C@@H](O)[C@H](O)[C@H]4O)ccc3C)cc21. The first-order valence-electron chi connectivity index (χ1n) is 9.81. The van der Waals surface area contributed by atoms with Crippen molar-refractivity contribution in [3.05, 3.63) is 69.8 Å². The summed E-state index contributed by atoms with van der Waals surface area (Å²) in [5.74, 6) is 0. The van der Waals surface area contributed by atoms with Crippen LogP contribution in [0.3, 0.4) is 0 Å². The van der Waals surface area contributed by atoms with E-state index < -0.39 is 42.3 Å². The highest BCUT2D eigenvalue weighted by Crippen LogP contribution is 2.37. The molecule has 2 aromatic carbocycles. The highest BCUT2D eigenvalue weighted by Gasteiger charge is 2.44. The Morgan fingerprint density at radius 2 is 1.79 bits per heavy atom.